The summed E-state index contributed by atoms with van der Waals surface area (Å²) in [6, 6.07) is 0. The molecule has 0 aromatic carbocycles. The van der Waals surface area contributed by atoms with Crippen LogP contribution in [0.4, 0.5) is 0 Å². The first kappa shape index (κ1) is 18.5. The van der Waals surface area contributed by atoms with Crippen LogP contribution in [0.2, 0.25) is 0 Å². The van der Waals surface area contributed by atoms with Crippen LogP contribution in [0.25, 0.3) is 0 Å². The zero-order valence-corrected chi connectivity index (χ0v) is 14.7. The quantitative estimate of drug-likeness (QED) is 0.517. The highest BCUT2D eigenvalue weighted by Gasteiger charge is 2.30. The van der Waals surface area contributed by atoms with Crippen molar-refractivity contribution in [3.8, 4) is 0 Å². The zero-order chi connectivity index (χ0) is 17.4. The van der Waals surface area contributed by atoms with Crippen molar-refractivity contribution in [3.05, 3.63) is 0 Å². The largest absolute Gasteiger partial charge is 0.368 e. The summed E-state index contributed by atoms with van der Waals surface area (Å²) in [7, 11) is 1.70. The second-order valence-corrected chi connectivity index (χ2v) is 6.06. The Labute approximate surface area is 143 Å². The van der Waals surface area contributed by atoms with E-state index < -0.39 is 0 Å². The minimum atomic E-state index is -0.253. The topological polar surface area (TPSA) is 86.3 Å². The normalized spacial score (nSPS) is 21.8. The van der Waals surface area contributed by atoms with Crippen LogP contribution in [0.15, 0.2) is 4.99 Å². The Morgan fingerprint density at radius 1 is 1.17 bits per heavy atom. The highest BCUT2D eigenvalue weighted by Crippen LogP contribution is 2.16. The highest BCUT2D eigenvalue weighted by atomic mass is 16.5. The number of ether oxygens (including phenoxy) is 1. The molecule has 2 rings (SSSR count). The Balaban J connectivity index is 1.75. The van der Waals surface area contributed by atoms with Gasteiger partial charge < -0.3 is 25.2 Å². The van der Waals surface area contributed by atoms with E-state index in [1.54, 1.807) is 7.05 Å². The highest BCUT2D eigenvalue weighted by molar-refractivity contribution is 5.87. The van der Waals surface area contributed by atoms with Crippen molar-refractivity contribution < 1.29 is 14.3 Å². The maximum atomic E-state index is 12.3. The monoisotopic (exact) mass is 339 g/mol. The molecule has 0 aromatic heterocycles. The lowest BCUT2D eigenvalue weighted by molar-refractivity contribution is -0.142. The number of rotatable bonds is 5. The van der Waals surface area contributed by atoms with E-state index >= 15 is 0 Å². The molecule has 2 aliphatic heterocycles. The average Bonchev–Trinajstić information content (AvgIpc) is 3.15. The van der Waals surface area contributed by atoms with Gasteiger partial charge in [0.15, 0.2) is 5.96 Å². The summed E-state index contributed by atoms with van der Waals surface area (Å²) in [5, 5.41) is 5.91. The molecule has 136 valence electrons. The lowest BCUT2D eigenvalue weighted by Crippen LogP contribution is -2.56. The van der Waals surface area contributed by atoms with Crippen LogP contribution in [-0.4, -0.2) is 86.6 Å². The van der Waals surface area contributed by atoms with E-state index in [-0.39, 0.29) is 24.5 Å². The van der Waals surface area contributed by atoms with E-state index in [2.05, 4.69) is 20.5 Å². The molecule has 0 spiro atoms. The van der Waals surface area contributed by atoms with Crippen molar-refractivity contribution in [1.29, 1.82) is 0 Å². The number of hydrogen-bond donors (Lipinski definition) is 2. The molecule has 2 heterocycles. The summed E-state index contributed by atoms with van der Waals surface area (Å²) in [5.41, 5.74) is 0. The van der Waals surface area contributed by atoms with Crippen molar-refractivity contribution >= 4 is 17.8 Å². The van der Waals surface area contributed by atoms with Crippen LogP contribution in [0, 0.1) is 0 Å². The third kappa shape index (κ3) is 5.09. The molecule has 8 nitrogen and oxygen atoms in total. The molecular weight excluding hydrogens is 310 g/mol. The maximum Gasteiger partial charge on any atom is 0.251 e. The SMILES string of the molecule is CCCNC(=O)CNC(=NC)N1CCN(C(=O)C2CCCO2)CC1. The molecular formula is C16H29N5O3. The van der Waals surface area contributed by atoms with Gasteiger partial charge in [-0.1, -0.05) is 6.92 Å². The molecule has 1 atom stereocenters. The fraction of sp³-hybridized carbons (Fsp3) is 0.812. The van der Waals surface area contributed by atoms with Gasteiger partial charge in [0.25, 0.3) is 5.91 Å². The van der Waals surface area contributed by atoms with Crippen molar-refractivity contribution in [2.75, 3.05) is 52.9 Å². The fourth-order valence-corrected chi connectivity index (χ4v) is 2.93. The van der Waals surface area contributed by atoms with Gasteiger partial charge in [0, 0.05) is 46.4 Å². The lowest BCUT2D eigenvalue weighted by atomic mass is 10.2. The van der Waals surface area contributed by atoms with E-state index in [1.807, 2.05) is 11.8 Å². The number of amides is 2. The summed E-state index contributed by atoms with van der Waals surface area (Å²) in [6.45, 7) is 6.31. The standard InChI is InChI=1S/C16H29N5O3/c1-3-6-18-14(22)12-19-16(17-2)21-9-7-20(8-10-21)15(23)13-5-4-11-24-13/h13H,3-12H2,1-2H3,(H,17,19)(H,18,22). The Bertz CT molecular complexity index is 455. The Morgan fingerprint density at radius 3 is 2.46 bits per heavy atom. The van der Waals surface area contributed by atoms with Crippen molar-refractivity contribution in [2.24, 2.45) is 4.99 Å². The molecule has 2 amide bonds. The van der Waals surface area contributed by atoms with Crippen molar-refractivity contribution in [1.82, 2.24) is 20.4 Å². The molecule has 2 saturated heterocycles. The Kier molecular flexibility index (Phi) is 7.30. The summed E-state index contributed by atoms with van der Waals surface area (Å²) in [6.07, 6.45) is 2.46. The summed E-state index contributed by atoms with van der Waals surface area (Å²) < 4.78 is 5.48. The van der Waals surface area contributed by atoms with Gasteiger partial charge in [0.05, 0.1) is 6.54 Å². The molecule has 24 heavy (non-hydrogen) atoms. The van der Waals surface area contributed by atoms with Crippen LogP contribution in [0.3, 0.4) is 0 Å². The number of carbonyl (C=O) groups excluding carboxylic acids is 2. The van der Waals surface area contributed by atoms with Crippen LogP contribution >= 0.6 is 0 Å². The minimum absolute atomic E-state index is 0.0369. The molecule has 2 N–H and O–H groups in total. The number of hydrogen-bond acceptors (Lipinski definition) is 4. The fourth-order valence-electron chi connectivity index (χ4n) is 2.93. The van der Waals surface area contributed by atoms with Crippen LogP contribution in [0.5, 0.6) is 0 Å². The third-order valence-corrected chi connectivity index (χ3v) is 4.29. The van der Waals surface area contributed by atoms with Gasteiger partial charge in [-0.05, 0) is 19.3 Å². The van der Waals surface area contributed by atoms with E-state index in [0.717, 1.165) is 19.3 Å². The van der Waals surface area contributed by atoms with E-state index in [4.69, 9.17) is 4.74 Å². The lowest BCUT2D eigenvalue weighted by Gasteiger charge is -2.37. The number of carbonyl (C=O) groups is 2. The maximum absolute atomic E-state index is 12.3. The molecule has 0 radical (unpaired) electrons. The Hall–Kier alpha value is -1.83. The summed E-state index contributed by atoms with van der Waals surface area (Å²) in [5.74, 6) is 0.769. The van der Waals surface area contributed by atoms with E-state index in [1.165, 1.54) is 0 Å². The van der Waals surface area contributed by atoms with E-state index in [9.17, 15) is 9.59 Å². The summed E-state index contributed by atoms with van der Waals surface area (Å²) >= 11 is 0. The van der Waals surface area contributed by atoms with E-state index in [0.29, 0.717) is 45.3 Å². The molecule has 0 aromatic rings. The smallest absolute Gasteiger partial charge is 0.251 e. The van der Waals surface area contributed by atoms with Crippen LogP contribution in [0.1, 0.15) is 26.2 Å². The molecule has 0 aliphatic carbocycles. The first-order valence-electron chi connectivity index (χ1n) is 8.78. The third-order valence-electron chi connectivity index (χ3n) is 4.29. The molecule has 0 saturated carbocycles. The first-order valence-corrected chi connectivity index (χ1v) is 8.78. The molecule has 2 aliphatic rings. The molecule has 0 bridgehead atoms. The number of aliphatic imine (C=N–C) groups is 1. The van der Waals surface area contributed by atoms with Gasteiger partial charge >= 0.3 is 0 Å². The number of guanidine groups is 1. The van der Waals surface area contributed by atoms with Crippen molar-refractivity contribution in [3.63, 3.8) is 0 Å². The number of nitrogens with zero attached hydrogens (tertiary/aromatic N) is 3. The molecule has 2 fully saturated rings. The van der Waals surface area contributed by atoms with Crippen LogP contribution < -0.4 is 10.6 Å². The van der Waals surface area contributed by atoms with Gasteiger partial charge in [0.2, 0.25) is 5.91 Å². The first-order chi connectivity index (χ1) is 11.7. The second kappa shape index (κ2) is 9.46. The number of piperazine rings is 1. The second-order valence-electron chi connectivity index (χ2n) is 6.06. The average molecular weight is 339 g/mol. The van der Waals surface area contributed by atoms with Crippen molar-refractivity contribution in [2.45, 2.75) is 32.3 Å². The van der Waals surface area contributed by atoms with Gasteiger partial charge in [0.1, 0.15) is 6.10 Å². The minimum Gasteiger partial charge on any atom is -0.368 e. The van der Waals surface area contributed by atoms with Crippen LogP contribution in [-0.2, 0) is 14.3 Å². The summed E-state index contributed by atoms with van der Waals surface area (Å²) in [4.78, 5) is 32.2. The van der Waals surface area contributed by atoms with Gasteiger partial charge in [-0.2, -0.15) is 0 Å². The predicted octanol–water partition coefficient (Wildman–Crippen LogP) is -0.589. The predicted molar refractivity (Wildman–Crippen MR) is 91.8 cm³/mol. The van der Waals surface area contributed by atoms with Gasteiger partial charge in [-0.15, -0.1) is 0 Å². The Morgan fingerprint density at radius 2 is 1.88 bits per heavy atom. The van der Waals surface area contributed by atoms with Gasteiger partial charge in [-0.25, -0.2) is 0 Å². The molecule has 8 heteroatoms. The zero-order valence-electron chi connectivity index (χ0n) is 14.7. The number of nitrogens with one attached hydrogen (secondary N) is 2. The van der Waals surface area contributed by atoms with Gasteiger partial charge in [-0.3, -0.25) is 14.6 Å². The molecule has 1 unspecified atom stereocenters.